The molecule has 0 radical (unpaired) electrons. The Balaban J connectivity index is 1.24. The minimum absolute atomic E-state index is 0.229. The maximum absolute atomic E-state index is 13.2. The Bertz CT molecular complexity index is 1200. The van der Waals surface area contributed by atoms with E-state index >= 15 is 0 Å². The van der Waals surface area contributed by atoms with Crippen molar-refractivity contribution in [2.24, 2.45) is 23.2 Å². The second-order valence-electron chi connectivity index (χ2n) is 12.2. The average Bonchev–Trinajstić information content (AvgIpc) is 3.11. The molecule has 0 aliphatic heterocycles. The third kappa shape index (κ3) is 5.11. The van der Waals surface area contributed by atoms with Gasteiger partial charge in [-0.25, -0.2) is 0 Å². The molecule has 200 valence electrons. The largest absolute Gasteiger partial charge is 0.388 e. The van der Waals surface area contributed by atoms with Crippen LogP contribution < -0.4 is 16.2 Å². The molecule has 1 amide bonds. The van der Waals surface area contributed by atoms with Crippen LogP contribution in [0.2, 0.25) is 0 Å². The molecule has 2 aromatic rings. The lowest BCUT2D eigenvalue weighted by Crippen LogP contribution is -2.58. The Morgan fingerprint density at radius 3 is 2.43 bits per heavy atom. The first-order valence-corrected chi connectivity index (χ1v) is 14.5. The molecule has 2 bridgehead atoms. The maximum Gasteiger partial charge on any atom is 0.287 e. The first-order valence-electron chi connectivity index (χ1n) is 13.7. The lowest BCUT2D eigenvalue weighted by atomic mass is 9.45. The van der Waals surface area contributed by atoms with E-state index in [1.54, 1.807) is 30.5 Å². The molecule has 4 saturated carbocycles. The number of aliphatic hydroxyl groups is 1. The number of hydrogen-bond donors (Lipinski definition) is 3. The van der Waals surface area contributed by atoms with Crippen LogP contribution in [0.25, 0.3) is 5.69 Å². The van der Waals surface area contributed by atoms with Crippen molar-refractivity contribution < 1.29 is 9.90 Å². The predicted molar refractivity (Wildman–Crippen MR) is 149 cm³/mol. The standard InChI is InChI=1S/C29H39BrN4O3/c1-18-22-14-20(28(22,2)3)15-23(18)33-24-16-32-34(27(36)25(24)30)21-10-8-19(9-11-21)26(35)31-17-29(37)12-6-4-5-7-13-29/h8-11,16,18,20,22-23,33,37H,4-7,12-15,17H2,1-3H3,(H,31,35)/t18-,20-,22+,23-/m1/s1. The fourth-order valence-corrected chi connectivity index (χ4v) is 7.31. The summed E-state index contributed by atoms with van der Waals surface area (Å²) < 4.78 is 1.81. The van der Waals surface area contributed by atoms with E-state index in [2.05, 4.69) is 52.4 Å². The van der Waals surface area contributed by atoms with Gasteiger partial charge in [-0.15, -0.1) is 0 Å². The van der Waals surface area contributed by atoms with Gasteiger partial charge in [-0.1, -0.05) is 46.5 Å². The Kier molecular flexibility index (Phi) is 7.26. The summed E-state index contributed by atoms with van der Waals surface area (Å²) in [6, 6.07) is 7.16. The molecule has 0 spiro atoms. The van der Waals surface area contributed by atoms with Gasteiger partial charge >= 0.3 is 0 Å². The van der Waals surface area contributed by atoms with Gasteiger partial charge in [0.15, 0.2) is 0 Å². The van der Waals surface area contributed by atoms with E-state index < -0.39 is 5.60 Å². The molecule has 0 saturated heterocycles. The minimum Gasteiger partial charge on any atom is -0.388 e. The molecule has 1 aromatic heterocycles. The van der Waals surface area contributed by atoms with Gasteiger partial charge in [0.25, 0.3) is 11.5 Å². The van der Waals surface area contributed by atoms with Crippen LogP contribution >= 0.6 is 15.9 Å². The molecule has 4 fully saturated rings. The first-order chi connectivity index (χ1) is 17.6. The molecule has 1 aromatic carbocycles. The smallest absolute Gasteiger partial charge is 0.287 e. The molecule has 4 atom stereocenters. The number of carbonyl (C=O) groups excluding carboxylic acids is 1. The molecule has 0 unspecified atom stereocenters. The van der Waals surface area contributed by atoms with E-state index in [1.807, 2.05) is 0 Å². The van der Waals surface area contributed by atoms with Crippen LogP contribution in [-0.4, -0.2) is 39.0 Å². The highest BCUT2D eigenvalue weighted by atomic mass is 79.9. The number of aromatic nitrogens is 2. The van der Waals surface area contributed by atoms with Crippen molar-refractivity contribution in [3.63, 3.8) is 0 Å². The van der Waals surface area contributed by atoms with E-state index in [4.69, 9.17) is 0 Å². The van der Waals surface area contributed by atoms with E-state index in [1.165, 1.54) is 11.1 Å². The Hall–Kier alpha value is -2.19. The minimum atomic E-state index is -0.822. The van der Waals surface area contributed by atoms with Crippen molar-refractivity contribution in [1.29, 1.82) is 0 Å². The number of fused-ring (bicyclic) bond motifs is 2. The van der Waals surface area contributed by atoms with Gasteiger partial charge in [-0.3, -0.25) is 9.59 Å². The molecule has 4 aliphatic carbocycles. The van der Waals surface area contributed by atoms with Crippen LogP contribution in [0.1, 0.15) is 82.5 Å². The zero-order valence-corrected chi connectivity index (χ0v) is 23.7. The Morgan fingerprint density at radius 2 is 1.81 bits per heavy atom. The second kappa shape index (κ2) is 10.2. The number of nitrogens with zero attached hydrogens (tertiary/aromatic N) is 2. The second-order valence-corrected chi connectivity index (χ2v) is 13.0. The molecule has 4 aliphatic rings. The molecule has 6 rings (SSSR count). The lowest BCUT2D eigenvalue weighted by molar-refractivity contribution is -0.105. The number of benzene rings is 1. The van der Waals surface area contributed by atoms with Gasteiger partial charge in [-0.05, 0) is 89.0 Å². The average molecular weight is 572 g/mol. The van der Waals surface area contributed by atoms with Crippen LogP contribution in [0.3, 0.4) is 0 Å². The van der Waals surface area contributed by atoms with Crippen LogP contribution in [0.4, 0.5) is 5.69 Å². The summed E-state index contributed by atoms with van der Waals surface area (Å²) in [6.07, 6.45) is 9.82. The van der Waals surface area contributed by atoms with Crippen molar-refractivity contribution in [3.8, 4) is 5.69 Å². The zero-order chi connectivity index (χ0) is 26.4. The molecule has 37 heavy (non-hydrogen) atoms. The van der Waals surface area contributed by atoms with E-state index in [-0.39, 0.29) is 18.0 Å². The summed E-state index contributed by atoms with van der Waals surface area (Å²) in [5, 5.41) is 21.7. The van der Waals surface area contributed by atoms with Gasteiger partial charge < -0.3 is 15.7 Å². The van der Waals surface area contributed by atoms with Crippen LogP contribution in [-0.2, 0) is 0 Å². The van der Waals surface area contributed by atoms with Crippen LogP contribution in [0.15, 0.2) is 39.7 Å². The quantitative estimate of drug-likeness (QED) is 0.410. The third-order valence-corrected chi connectivity index (χ3v) is 10.4. The molecular weight excluding hydrogens is 532 g/mol. The normalized spacial score (nSPS) is 28.0. The fraction of sp³-hybridized carbons (Fsp3) is 0.621. The number of anilines is 1. The van der Waals surface area contributed by atoms with Crippen molar-refractivity contribution >= 4 is 27.5 Å². The van der Waals surface area contributed by atoms with Crippen molar-refractivity contribution in [2.45, 2.75) is 83.8 Å². The highest BCUT2D eigenvalue weighted by Crippen LogP contribution is 2.61. The van der Waals surface area contributed by atoms with Crippen LogP contribution in [0, 0.1) is 23.2 Å². The number of nitrogens with one attached hydrogen (secondary N) is 2. The highest BCUT2D eigenvalue weighted by molar-refractivity contribution is 9.10. The van der Waals surface area contributed by atoms with Gasteiger partial charge in [-0.2, -0.15) is 9.78 Å². The summed E-state index contributed by atoms with van der Waals surface area (Å²) in [5.41, 5.74) is 1.15. The summed E-state index contributed by atoms with van der Waals surface area (Å²) in [5.74, 6) is 1.75. The van der Waals surface area contributed by atoms with Gasteiger partial charge in [0, 0.05) is 18.2 Å². The zero-order valence-electron chi connectivity index (χ0n) is 22.1. The molecule has 1 heterocycles. The van der Waals surface area contributed by atoms with Crippen molar-refractivity contribution in [3.05, 3.63) is 50.9 Å². The van der Waals surface area contributed by atoms with Gasteiger partial charge in [0.05, 0.1) is 23.2 Å². The monoisotopic (exact) mass is 570 g/mol. The number of halogens is 1. The summed E-state index contributed by atoms with van der Waals surface area (Å²) >= 11 is 3.51. The highest BCUT2D eigenvalue weighted by Gasteiger charge is 2.56. The molecular formula is C29H39BrN4O3. The maximum atomic E-state index is 13.2. The number of rotatable bonds is 6. The SMILES string of the molecule is C[C@H]1[C@H](Nc2cnn(-c3ccc(C(=O)NCC4(O)CCCCCC4)cc3)c(=O)c2Br)C[C@H]2C[C@@H]1C2(C)C. The van der Waals surface area contributed by atoms with Crippen LogP contribution in [0.5, 0.6) is 0 Å². The summed E-state index contributed by atoms with van der Waals surface area (Å²) in [7, 11) is 0. The van der Waals surface area contributed by atoms with Crippen molar-refractivity contribution in [2.75, 3.05) is 11.9 Å². The fourth-order valence-electron chi connectivity index (χ4n) is 6.92. The molecule has 8 heteroatoms. The summed E-state index contributed by atoms with van der Waals surface area (Å²) in [6.45, 7) is 7.34. The first kappa shape index (κ1) is 26.4. The summed E-state index contributed by atoms with van der Waals surface area (Å²) in [4.78, 5) is 25.8. The topological polar surface area (TPSA) is 96.2 Å². The number of hydrogen-bond acceptors (Lipinski definition) is 5. The number of amides is 1. The molecule has 7 nitrogen and oxygen atoms in total. The number of carbonyl (C=O) groups is 1. The van der Waals surface area contributed by atoms with Crippen molar-refractivity contribution in [1.82, 2.24) is 15.1 Å². The van der Waals surface area contributed by atoms with E-state index in [0.717, 1.165) is 56.6 Å². The lowest BCUT2D eigenvalue weighted by Gasteiger charge is -2.62. The third-order valence-electron chi connectivity index (χ3n) is 9.60. The van der Waals surface area contributed by atoms with Gasteiger partial charge in [0.2, 0.25) is 0 Å². The van der Waals surface area contributed by atoms with Gasteiger partial charge in [0.1, 0.15) is 4.47 Å². The predicted octanol–water partition coefficient (Wildman–Crippen LogP) is 5.29. The Labute approximate surface area is 227 Å². The van der Waals surface area contributed by atoms with E-state index in [0.29, 0.717) is 39.0 Å². The molecule has 3 N–H and O–H groups in total. The Morgan fingerprint density at radius 1 is 1.14 bits per heavy atom. The van der Waals surface area contributed by atoms with E-state index in [9.17, 15) is 14.7 Å².